The fourth-order valence-corrected chi connectivity index (χ4v) is 4.55. The molecule has 0 saturated carbocycles. The molecule has 1 aliphatic rings. The molecule has 1 saturated heterocycles. The van der Waals surface area contributed by atoms with Crippen molar-refractivity contribution in [3.8, 4) is 0 Å². The summed E-state index contributed by atoms with van der Waals surface area (Å²) in [6, 6.07) is 22.8. The second-order valence-corrected chi connectivity index (χ2v) is 8.92. The number of anilines is 2. The number of nitrogens with one attached hydrogen (secondary N) is 2. The molecule has 1 amide bonds. The van der Waals surface area contributed by atoms with Gasteiger partial charge in [0.2, 0.25) is 5.91 Å². The first-order valence-corrected chi connectivity index (χ1v) is 11.8. The average Bonchev–Trinajstić information content (AvgIpc) is 3.35. The van der Waals surface area contributed by atoms with Gasteiger partial charge in [0.15, 0.2) is 0 Å². The number of nitrogens with zero attached hydrogens (tertiary/aromatic N) is 2. The Morgan fingerprint density at radius 1 is 0.939 bits per heavy atom. The van der Waals surface area contributed by atoms with Crippen molar-refractivity contribution in [1.82, 2.24) is 9.88 Å². The number of hydrogen-bond acceptors (Lipinski definition) is 4. The lowest BCUT2D eigenvalue weighted by atomic mass is 10.1. The van der Waals surface area contributed by atoms with Crippen molar-refractivity contribution in [3.63, 3.8) is 0 Å². The van der Waals surface area contributed by atoms with Crippen LogP contribution in [0.5, 0.6) is 0 Å². The van der Waals surface area contributed by atoms with Crippen LogP contribution in [-0.4, -0.2) is 35.4 Å². The largest absolute Gasteiger partial charge is 0.380 e. The Balaban J connectivity index is 1.39. The van der Waals surface area contributed by atoms with Crippen molar-refractivity contribution in [2.24, 2.45) is 0 Å². The van der Waals surface area contributed by atoms with Gasteiger partial charge in [-0.25, -0.2) is 4.98 Å². The number of rotatable bonds is 7. The predicted molar refractivity (Wildman–Crippen MR) is 137 cm³/mol. The van der Waals surface area contributed by atoms with Crippen molar-refractivity contribution in [2.45, 2.75) is 32.7 Å². The topological polar surface area (TPSA) is 57.3 Å². The molecule has 0 bridgehead atoms. The summed E-state index contributed by atoms with van der Waals surface area (Å²) in [5.41, 5.74) is 6.17. The van der Waals surface area contributed by atoms with Crippen molar-refractivity contribution in [3.05, 3.63) is 77.9 Å². The molecule has 2 N–H and O–H groups in total. The number of pyridine rings is 1. The van der Waals surface area contributed by atoms with Crippen LogP contribution in [0.25, 0.3) is 21.8 Å². The minimum atomic E-state index is 0.0553. The van der Waals surface area contributed by atoms with Gasteiger partial charge in [0, 0.05) is 36.0 Å². The number of hydrogen-bond donors (Lipinski definition) is 2. The molecule has 5 heteroatoms. The number of benzene rings is 3. The maximum Gasteiger partial charge on any atom is 0.225 e. The number of aryl methyl sites for hydroxylation is 1. The van der Waals surface area contributed by atoms with E-state index in [1.54, 1.807) is 0 Å². The SMILES string of the molecule is Cc1ccc(CNc2c3ccccc3nc3cc(NC(=O)CCN4CCCC4)ccc23)cc1. The zero-order valence-corrected chi connectivity index (χ0v) is 19.1. The van der Waals surface area contributed by atoms with Crippen LogP contribution in [0.1, 0.15) is 30.4 Å². The highest BCUT2D eigenvalue weighted by atomic mass is 16.1. The minimum absolute atomic E-state index is 0.0553. The lowest BCUT2D eigenvalue weighted by Crippen LogP contribution is -2.25. The number of amides is 1. The molecule has 5 nitrogen and oxygen atoms in total. The summed E-state index contributed by atoms with van der Waals surface area (Å²) in [6.45, 7) is 5.88. The van der Waals surface area contributed by atoms with Crippen LogP contribution in [0.3, 0.4) is 0 Å². The molecule has 0 radical (unpaired) electrons. The summed E-state index contributed by atoms with van der Waals surface area (Å²) in [5, 5.41) is 8.86. The Morgan fingerprint density at radius 3 is 2.52 bits per heavy atom. The molecule has 1 aliphatic heterocycles. The molecule has 1 aromatic heterocycles. The van der Waals surface area contributed by atoms with E-state index in [9.17, 15) is 4.79 Å². The van der Waals surface area contributed by atoms with Crippen molar-refractivity contribution < 1.29 is 4.79 Å². The van der Waals surface area contributed by atoms with E-state index in [0.717, 1.165) is 59.4 Å². The molecule has 0 unspecified atom stereocenters. The lowest BCUT2D eigenvalue weighted by Gasteiger charge is -2.15. The van der Waals surface area contributed by atoms with E-state index >= 15 is 0 Å². The van der Waals surface area contributed by atoms with Crippen LogP contribution in [0.2, 0.25) is 0 Å². The molecular formula is C28H30N4O. The average molecular weight is 439 g/mol. The highest BCUT2D eigenvalue weighted by Gasteiger charge is 2.14. The van der Waals surface area contributed by atoms with Gasteiger partial charge >= 0.3 is 0 Å². The van der Waals surface area contributed by atoms with E-state index < -0.39 is 0 Å². The van der Waals surface area contributed by atoms with E-state index in [1.807, 2.05) is 30.3 Å². The fourth-order valence-electron chi connectivity index (χ4n) is 4.55. The Kier molecular flexibility index (Phi) is 6.22. The standard InChI is InChI=1S/C28H30N4O/c1-20-8-10-21(11-9-20)19-29-28-23-6-2-3-7-25(23)31-26-18-22(12-13-24(26)28)30-27(33)14-17-32-15-4-5-16-32/h2-3,6-13,18H,4-5,14-17,19H2,1H3,(H,29,31)(H,30,33). The molecule has 0 spiro atoms. The van der Waals surface area contributed by atoms with Crippen LogP contribution in [0.15, 0.2) is 66.7 Å². The van der Waals surface area contributed by atoms with Crippen LogP contribution in [-0.2, 0) is 11.3 Å². The monoisotopic (exact) mass is 438 g/mol. The van der Waals surface area contributed by atoms with Crippen LogP contribution in [0, 0.1) is 6.92 Å². The molecule has 33 heavy (non-hydrogen) atoms. The zero-order valence-electron chi connectivity index (χ0n) is 19.1. The van der Waals surface area contributed by atoms with E-state index in [-0.39, 0.29) is 5.91 Å². The van der Waals surface area contributed by atoms with Crippen LogP contribution in [0.4, 0.5) is 11.4 Å². The van der Waals surface area contributed by atoms with Gasteiger partial charge in [0.05, 0.1) is 16.7 Å². The van der Waals surface area contributed by atoms with Gasteiger partial charge in [-0.05, 0) is 62.7 Å². The Hall–Kier alpha value is -3.44. The predicted octanol–water partition coefficient (Wildman–Crippen LogP) is 5.73. The van der Waals surface area contributed by atoms with Gasteiger partial charge < -0.3 is 15.5 Å². The Morgan fingerprint density at radius 2 is 1.70 bits per heavy atom. The van der Waals surface area contributed by atoms with E-state index in [4.69, 9.17) is 4.98 Å². The molecule has 0 atom stereocenters. The summed E-state index contributed by atoms with van der Waals surface area (Å²) >= 11 is 0. The summed E-state index contributed by atoms with van der Waals surface area (Å²) in [6.07, 6.45) is 3.00. The number of aromatic nitrogens is 1. The zero-order chi connectivity index (χ0) is 22.6. The first-order chi connectivity index (χ1) is 16.2. The highest BCUT2D eigenvalue weighted by Crippen LogP contribution is 2.32. The smallest absolute Gasteiger partial charge is 0.225 e. The summed E-state index contributed by atoms with van der Waals surface area (Å²) in [7, 11) is 0. The van der Waals surface area contributed by atoms with Crippen molar-refractivity contribution >= 4 is 39.1 Å². The second kappa shape index (κ2) is 9.59. The molecule has 4 aromatic rings. The van der Waals surface area contributed by atoms with Gasteiger partial charge in [0.25, 0.3) is 0 Å². The van der Waals surface area contributed by atoms with Gasteiger partial charge in [-0.3, -0.25) is 4.79 Å². The third kappa shape index (κ3) is 4.99. The first-order valence-electron chi connectivity index (χ1n) is 11.8. The molecule has 5 rings (SSSR count). The summed E-state index contributed by atoms with van der Waals surface area (Å²) in [4.78, 5) is 19.7. The second-order valence-electron chi connectivity index (χ2n) is 8.92. The molecule has 0 aliphatic carbocycles. The molecule has 2 heterocycles. The maximum absolute atomic E-state index is 12.5. The minimum Gasteiger partial charge on any atom is -0.380 e. The van der Waals surface area contributed by atoms with Gasteiger partial charge in [-0.1, -0.05) is 48.0 Å². The number of carbonyl (C=O) groups excluding carboxylic acids is 1. The summed E-state index contributed by atoms with van der Waals surface area (Å²) in [5.74, 6) is 0.0553. The number of para-hydroxylation sites is 1. The normalized spacial score (nSPS) is 14.1. The molecule has 1 fully saturated rings. The number of carbonyl (C=O) groups is 1. The molecular weight excluding hydrogens is 408 g/mol. The highest BCUT2D eigenvalue weighted by molar-refractivity contribution is 6.08. The number of fused-ring (bicyclic) bond motifs is 2. The van der Waals surface area contributed by atoms with Crippen molar-refractivity contribution in [2.75, 3.05) is 30.3 Å². The number of likely N-dealkylation sites (tertiary alicyclic amines) is 1. The summed E-state index contributed by atoms with van der Waals surface area (Å²) < 4.78 is 0. The maximum atomic E-state index is 12.5. The van der Waals surface area contributed by atoms with Crippen LogP contribution < -0.4 is 10.6 Å². The third-order valence-electron chi connectivity index (χ3n) is 6.41. The van der Waals surface area contributed by atoms with E-state index in [0.29, 0.717) is 6.42 Å². The van der Waals surface area contributed by atoms with Crippen molar-refractivity contribution in [1.29, 1.82) is 0 Å². The van der Waals surface area contributed by atoms with E-state index in [2.05, 4.69) is 58.9 Å². The van der Waals surface area contributed by atoms with Gasteiger partial charge in [-0.15, -0.1) is 0 Å². The Labute approximate surface area is 194 Å². The first kappa shape index (κ1) is 21.4. The third-order valence-corrected chi connectivity index (χ3v) is 6.41. The van der Waals surface area contributed by atoms with Gasteiger partial charge in [-0.2, -0.15) is 0 Å². The molecule has 3 aromatic carbocycles. The Bertz CT molecular complexity index is 1280. The van der Waals surface area contributed by atoms with Crippen LogP contribution >= 0.6 is 0 Å². The quantitative estimate of drug-likeness (QED) is 0.362. The lowest BCUT2D eigenvalue weighted by molar-refractivity contribution is -0.116. The van der Waals surface area contributed by atoms with E-state index in [1.165, 1.54) is 24.0 Å². The molecule has 168 valence electrons. The van der Waals surface area contributed by atoms with Gasteiger partial charge in [0.1, 0.15) is 0 Å². The fraction of sp³-hybridized carbons (Fsp3) is 0.286.